The second-order valence-electron chi connectivity index (χ2n) is 5.07. The predicted molar refractivity (Wildman–Crippen MR) is 77.8 cm³/mol. The van der Waals surface area contributed by atoms with Crippen LogP contribution < -0.4 is 16.8 Å². The smallest absolute Gasteiger partial charge is 0.251 e. The van der Waals surface area contributed by atoms with Crippen molar-refractivity contribution < 1.29 is 9.18 Å². The zero-order valence-electron chi connectivity index (χ0n) is 11.3. The molecule has 1 aliphatic heterocycles. The molecule has 3 rings (SSSR count). The van der Waals surface area contributed by atoms with E-state index in [-0.39, 0.29) is 11.6 Å². The number of H-pyrrole nitrogens is 1. The van der Waals surface area contributed by atoms with Crippen LogP contribution in [0.5, 0.6) is 0 Å². The standard InChI is InChI=1S/C14H16FN5O/c15-7-4-8(13(17)21)12-11(5-7)19-14(20-12)9(6-16)10-2-1-3-18-10/h4-6,10,18H,1-3,16H2,(H2,17,21)(H,19,20). The van der Waals surface area contributed by atoms with Gasteiger partial charge in [0.2, 0.25) is 0 Å². The third kappa shape index (κ3) is 2.36. The van der Waals surface area contributed by atoms with Crippen LogP contribution in [0.3, 0.4) is 0 Å². The van der Waals surface area contributed by atoms with Gasteiger partial charge in [-0.2, -0.15) is 0 Å². The van der Waals surface area contributed by atoms with E-state index in [1.807, 2.05) is 0 Å². The molecule has 0 aliphatic carbocycles. The van der Waals surface area contributed by atoms with E-state index in [1.165, 1.54) is 12.3 Å². The highest BCUT2D eigenvalue weighted by Gasteiger charge is 2.23. The summed E-state index contributed by atoms with van der Waals surface area (Å²) in [5.41, 5.74) is 12.6. The van der Waals surface area contributed by atoms with E-state index >= 15 is 0 Å². The first-order valence-corrected chi connectivity index (χ1v) is 6.74. The van der Waals surface area contributed by atoms with E-state index in [0.717, 1.165) is 31.0 Å². The van der Waals surface area contributed by atoms with Gasteiger partial charge < -0.3 is 21.8 Å². The summed E-state index contributed by atoms with van der Waals surface area (Å²) in [7, 11) is 0. The maximum absolute atomic E-state index is 13.5. The van der Waals surface area contributed by atoms with E-state index in [0.29, 0.717) is 16.9 Å². The van der Waals surface area contributed by atoms with Crippen LogP contribution in [0.15, 0.2) is 18.3 Å². The van der Waals surface area contributed by atoms with Crippen LogP contribution in [0.1, 0.15) is 29.0 Å². The van der Waals surface area contributed by atoms with E-state index in [9.17, 15) is 9.18 Å². The average molecular weight is 289 g/mol. The van der Waals surface area contributed by atoms with E-state index < -0.39 is 11.7 Å². The Balaban J connectivity index is 2.12. The third-order valence-electron chi connectivity index (χ3n) is 3.71. The highest BCUT2D eigenvalue weighted by molar-refractivity contribution is 6.04. The number of nitrogens with zero attached hydrogens (tertiary/aromatic N) is 1. The van der Waals surface area contributed by atoms with Crippen LogP contribution in [0.2, 0.25) is 0 Å². The minimum Gasteiger partial charge on any atom is -0.404 e. The molecule has 1 aromatic carbocycles. The monoisotopic (exact) mass is 289 g/mol. The lowest BCUT2D eigenvalue weighted by molar-refractivity contribution is 0.100. The molecule has 6 nitrogen and oxygen atoms in total. The minimum absolute atomic E-state index is 0.0586. The van der Waals surface area contributed by atoms with E-state index in [4.69, 9.17) is 11.5 Å². The van der Waals surface area contributed by atoms with Crippen LogP contribution in [-0.2, 0) is 0 Å². The molecule has 21 heavy (non-hydrogen) atoms. The van der Waals surface area contributed by atoms with Gasteiger partial charge in [0.05, 0.1) is 11.1 Å². The number of hydrogen-bond donors (Lipinski definition) is 4. The molecule has 1 saturated heterocycles. The van der Waals surface area contributed by atoms with Crippen LogP contribution in [-0.4, -0.2) is 28.5 Å². The number of primary amides is 1. The summed E-state index contributed by atoms with van der Waals surface area (Å²) >= 11 is 0. The van der Waals surface area contributed by atoms with Crippen molar-refractivity contribution in [2.45, 2.75) is 18.9 Å². The fraction of sp³-hybridized carbons (Fsp3) is 0.286. The number of nitrogens with two attached hydrogens (primary N) is 2. The first kappa shape index (κ1) is 13.6. The van der Waals surface area contributed by atoms with Crippen LogP contribution in [0.25, 0.3) is 16.6 Å². The topological polar surface area (TPSA) is 110 Å². The van der Waals surface area contributed by atoms with Crippen molar-refractivity contribution in [2.24, 2.45) is 11.5 Å². The highest BCUT2D eigenvalue weighted by atomic mass is 19.1. The fourth-order valence-corrected chi connectivity index (χ4v) is 2.72. The Morgan fingerprint density at radius 1 is 1.48 bits per heavy atom. The first-order chi connectivity index (χ1) is 10.1. The predicted octanol–water partition coefficient (Wildman–Crippen LogP) is 0.852. The summed E-state index contributed by atoms with van der Waals surface area (Å²) in [5, 5.41) is 3.33. The van der Waals surface area contributed by atoms with E-state index in [2.05, 4.69) is 15.3 Å². The molecule has 6 N–H and O–H groups in total. The SMILES string of the molecule is NC=C(c1nc2c(C(N)=O)cc(F)cc2[nH]1)C1CCCN1. The fourth-order valence-electron chi connectivity index (χ4n) is 2.72. The molecule has 1 fully saturated rings. The Bertz CT molecular complexity index is 730. The first-order valence-electron chi connectivity index (χ1n) is 6.74. The van der Waals surface area contributed by atoms with Crippen molar-refractivity contribution in [3.8, 4) is 0 Å². The largest absolute Gasteiger partial charge is 0.404 e. The molecule has 0 spiro atoms. The van der Waals surface area contributed by atoms with Gasteiger partial charge in [0.1, 0.15) is 17.2 Å². The van der Waals surface area contributed by atoms with Crippen molar-refractivity contribution in [1.29, 1.82) is 0 Å². The number of nitrogens with one attached hydrogen (secondary N) is 2. The summed E-state index contributed by atoms with van der Waals surface area (Å²) < 4.78 is 13.5. The molecule has 0 bridgehead atoms. The third-order valence-corrected chi connectivity index (χ3v) is 3.71. The van der Waals surface area contributed by atoms with Gasteiger partial charge in [-0.1, -0.05) is 0 Å². The lowest BCUT2D eigenvalue weighted by Crippen LogP contribution is -2.24. The molecule has 0 saturated carbocycles. The molecule has 1 amide bonds. The summed E-state index contributed by atoms with van der Waals surface area (Å²) in [6.07, 6.45) is 3.50. The number of imidazole rings is 1. The summed E-state index contributed by atoms with van der Waals surface area (Å²) in [6.45, 7) is 0.920. The van der Waals surface area contributed by atoms with E-state index in [1.54, 1.807) is 0 Å². The number of carbonyl (C=O) groups excluding carboxylic acids is 1. The number of aromatic nitrogens is 2. The number of fused-ring (bicyclic) bond motifs is 1. The molecule has 1 atom stereocenters. The molecule has 2 aromatic rings. The lowest BCUT2D eigenvalue weighted by Gasteiger charge is -2.11. The minimum atomic E-state index is -0.713. The Morgan fingerprint density at radius 2 is 2.29 bits per heavy atom. The van der Waals surface area contributed by atoms with Crippen LogP contribution in [0, 0.1) is 5.82 Å². The molecule has 7 heteroatoms. The maximum Gasteiger partial charge on any atom is 0.251 e. The number of aromatic amines is 1. The normalized spacial score (nSPS) is 19.3. The molecule has 1 aromatic heterocycles. The summed E-state index contributed by atoms with van der Waals surface area (Å²) in [5.74, 6) is -0.724. The van der Waals surface area contributed by atoms with Crippen molar-refractivity contribution >= 4 is 22.5 Å². The van der Waals surface area contributed by atoms with Crippen molar-refractivity contribution in [3.05, 3.63) is 35.5 Å². The molecular weight excluding hydrogens is 273 g/mol. The molecule has 1 unspecified atom stereocenters. The number of hydrogen-bond acceptors (Lipinski definition) is 4. The number of rotatable bonds is 3. The van der Waals surface area contributed by atoms with Gasteiger partial charge in [0.15, 0.2) is 0 Å². The number of halogens is 1. The molecule has 2 heterocycles. The zero-order valence-corrected chi connectivity index (χ0v) is 11.3. The molecule has 110 valence electrons. The van der Waals surface area contributed by atoms with Crippen molar-refractivity contribution in [2.75, 3.05) is 6.54 Å². The van der Waals surface area contributed by atoms with Gasteiger partial charge in [0, 0.05) is 17.8 Å². The van der Waals surface area contributed by atoms with Gasteiger partial charge in [-0.05, 0) is 31.5 Å². The molecular formula is C14H16FN5O. The van der Waals surface area contributed by atoms with Crippen molar-refractivity contribution in [1.82, 2.24) is 15.3 Å². The van der Waals surface area contributed by atoms with Crippen LogP contribution >= 0.6 is 0 Å². The molecule has 1 aliphatic rings. The Kier molecular flexibility index (Phi) is 3.34. The summed E-state index contributed by atoms with van der Waals surface area (Å²) in [6, 6.07) is 2.49. The quantitative estimate of drug-likeness (QED) is 0.671. The maximum atomic E-state index is 13.5. The average Bonchev–Trinajstić information content (AvgIpc) is 3.08. The Morgan fingerprint density at radius 3 is 2.90 bits per heavy atom. The van der Waals surface area contributed by atoms with Gasteiger partial charge in [-0.3, -0.25) is 4.79 Å². The number of carbonyl (C=O) groups is 1. The Hall–Kier alpha value is -2.41. The lowest BCUT2D eigenvalue weighted by atomic mass is 10.1. The van der Waals surface area contributed by atoms with Gasteiger partial charge in [-0.15, -0.1) is 0 Å². The second kappa shape index (κ2) is 5.17. The van der Waals surface area contributed by atoms with Crippen molar-refractivity contribution in [3.63, 3.8) is 0 Å². The highest BCUT2D eigenvalue weighted by Crippen LogP contribution is 2.25. The van der Waals surface area contributed by atoms with Gasteiger partial charge >= 0.3 is 0 Å². The molecule has 0 radical (unpaired) electrons. The second-order valence-corrected chi connectivity index (χ2v) is 5.07. The Labute approximate surface area is 120 Å². The van der Waals surface area contributed by atoms with Gasteiger partial charge in [-0.25, -0.2) is 9.37 Å². The van der Waals surface area contributed by atoms with Gasteiger partial charge in [0.25, 0.3) is 5.91 Å². The van der Waals surface area contributed by atoms with Crippen LogP contribution in [0.4, 0.5) is 4.39 Å². The zero-order chi connectivity index (χ0) is 15.0. The number of amides is 1. The summed E-state index contributed by atoms with van der Waals surface area (Å²) in [4.78, 5) is 18.8. The number of benzene rings is 1.